The van der Waals surface area contributed by atoms with Crippen LogP contribution in [-0.4, -0.2) is 17.1 Å². The molecule has 1 aliphatic rings. The number of benzene rings is 1. The molecule has 0 bridgehead atoms. The van der Waals surface area contributed by atoms with E-state index in [-0.39, 0.29) is 5.56 Å². The van der Waals surface area contributed by atoms with Gasteiger partial charge in [-0.2, -0.15) is 0 Å². The number of aryl methyl sites for hydroxylation is 1. The zero-order valence-corrected chi connectivity index (χ0v) is 14.1. The normalized spacial score (nSPS) is 19.9. The second-order valence-electron chi connectivity index (χ2n) is 6.66. The van der Waals surface area contributed by atoms with Crippen molar-refractivity contribution in [3.8, 4) is 5.75 Å². The van der Waals surface area contributed by atoms with Crippen molar-refractivity contribution in [1.29, 1.82) is 0 Å². The van der Waals surface area contributed by atoms with E-state index in [0.29, 0.717) is 5.69 Å². The van der Waals surface area contributed by atoms with Gasteiger partial charge < -0.3 is 9.72 Å². The molecule has 1 saturated carbocycles. The number of nitrogens with one attached hydrogen (secondary N) is 1. The summed E-state index contributed by atoms with van der Waals surface area (Å²) in [5.74, 6) is 2.71. The minimum atomic E-state index is -0.0704. The van der Waals surface area contributed by atoms with Crippen LogP contribution in [0.4, 0.5) is 0 Å². The Morgan fingerprint density at radius 1 is 1.26 bits per heavy atom. The van der Waals surface area contributed by atoms with Gasteiger partial charge in [-0.05, 0) is 43.2 Å². The average Bonchev–Trinajstić information content (AvgIpc) is 3.33. The number of nitrogens with zero attached hydrogens (tertiary/aromatic N) is 1. The molecule has 4 heteroatoms. The van der Waals surface area contributed by atoms with Crippen LogP contribution < -0.4 is 10.3 Å². The van der Waals surface area contributed by atoms with E-state index >= 15 is 0 Å². The lowest BCUT2D eigenvalue weighted by Gasteiger charge is -2.05. The summed E-state index contributed by atoms with van der Waals surface area (Å²) in [5, 5.41) is 0. The maximum Gasteiger partial charge on any atom is 0.270 e. The van der Waals surface area contributed by atoms with Crippen molar-refractivity contribution in [3.63, 3.8) is 0 Å². The standard InChI is InChI=1S/C19H26N2O2/c1-3-13-11-14(13)7-5-4-6-8-17-19(22)21-18-12-15(23-2)9-10-16(18)20-17/h9-10,12-14H,3-8,11H2,1-2H3,(H,21,22). The fourth-order valence-corrected chi connectivity index (χ4v) is 3.44. The van der Waals surface area contributed by atoms with Crippen molar-refractivity contribution in [2.45, 2.75) is 51.9 Å². The SMILES string of the molecule is CCC1CC1CCCCCc1nc2ccc(OC)cc2[nH]c1=O. The predicted octanol–water partition coefficient (Wildman–Crippen LogP) is 4.08. The molecule has 1 aliphatic carbocycles. The molecule has 1 aromatic heterocycles. The number of unbranched alkanes of at least 4 members (excludes halogenated alkanes) is 2. The number of fused-ring (bicyclic) bond motifs is 1. The van der Waals surface area contributed by atoms with Gasteiger partial charge in [-0.15, -0.1) is 0 Å². The molecule has 3 rings (SSSR count). The smallest absolute Gasteiger partial charge is 0.270 e. The molecule has 0 spiro atoms. The van der Waals surface area contributed by atoms with Crippen LogP contribution in [0.1, 0.15) is 51.1 Å². The number of rotatable bonds is 8. The van der Waals surface area contributed by atoms with Crippen LogP contribution in [0.5, 0.6) is 5.75 Å². The van der Waals surface area contributed by atoms with Crippen molar-refractivity contribution in [2.24, 2.45) is 11.8 Å². The topological polar surface area (TPSA) is 55.0 Å². The maximum atomic E-state index is 12.1. The Morgan fingerprint density at radius 3 is 2.87 bits per heavy atom. The zero-order valence-electron chi connectivity index (χ0n) is 14.1. The third-order valence-corrected chi connectivity index (χ3v) is 5.05. The molecule has 2 aromatic rings. The Morgan fingerprint density at radius 2 is 2.13 bits per heavy atom. The van der Waals surface area contributed by atoms with E-state index in [4.69, 9.17) is 4.74 Å². The third-order valence-electron chi connectivity index (χ3n) is 5.05. The van der Waals surface area contributed by atoms with Gasteiger partial charge in [0.1, 0.15) is 11.4 Å². The van der Waals surface area contributed by atoms with Gasteiger partial charge >= 0.3 is 0 Å². The first-order chi connectivity index (χ1) is 11.2. The molecule has 1 N–H and O–H groups in total. The lowest BCUT2D eigenvalue weighted by Crippen LogP contribution is -2.15. The summed E-state index contributed by atoms with van der Waals surface area (Å²) >= 11 is 0. The number of ether oxygens (including phenoxy) is 1. The minimum Gasteiger partial charge on any atom is -0.497 e. The minimum absolute atomic E-state index is 0.0704. The molecule has 124 valence electrons. The molecule has 0 saturated heterocycles. The molecule has 23 heavy (non-hydrogen) atoms. The molecule has 2 atom stereocenters. The number of H-pyrrole nitrogens is 1. The monoisotopic (exact) mass is 314 g/mol. The molecule has 0 radical (unpaired) electrons. The zero-order chi connectivity index (χ0) is 16.2. The summed E-state index contributed by atoms with van der Waals surface area (Å²) in [5.41, 5.74) is 2.14. The van der Waals surface area contributed by atoms with Crippen molar-refractivity contribution in [2.75, 3.05) is 7.11 Å². The number of hydrogen-bond acceptors (Lipinski definition) is 3. The van der Waals surface area contributed by atoms with E-state index in [2.05, 4.69) is 16.9 Å². The quantitative estimate of drug-likeness (QED) is 0.747. The van der Waals surface area contributed by atoms with Gasteiger partial charge in [0.05, 0.1) is 18.1 Å². The Balaban J connectivity index is 1.53. The van der Waals surface area contributed by atoms with Gasteiger partial charge in [0.15, 0.2) is 0 Å². The van der Waals surface area contributed by atoms with Crippen LogP contribution in [0.25, 0.3) is 11.0 Å². The first kappa shape index (κ1) is 16.0. The van der Waals surface area contributed by atoms with Crippen LogP contribution >= 0.6 is 0 Å². The van der Waals surface area contributed by atoms with Crippen LogP contribution in [0, 0.1) is 11.8 Å². The van der Waals surface area contributed by atoms with Gasteiger partial charge in [-0.3, -0.25) is 4.79 Å². The van der Waals surface area contributed by atoms with E-state index in [0.717, 1.165) is 41.5 Å². The van der Waals surface area contributed by atoms with Crippen LogP contribution in [0.3, 0.4) is 0 Å². The molecule has 0 aliphatic heterocycles. The molecule has 4 nitrogen and oxygen atoms in total. The predicted molar refractivity (Wildman–Crippen MR) is 93.0 cm³/mol. The van der Waals surface area contributed by atoms with Crippen LogP contribution in [-0.2, 0) is 6.42 Å². The van der Waals surface area contributed by atoms with E-state index in [1.165, 1.54) is 32.1 Å². The van der Waals surface area contributed by atoms with Gasteiger partial charge in [0.25, 0.3) is 5.56 Å². The molecule has 1 heterocycles. The highest BCUT2D eigenvalue weighted by Gasteiger charge is 2.33. The highest BCUT2D eigenvalue weighted by Crippen LogP contribution is 2.44. The van der Waals surface area contributed by atoms with E-state index in [1.807, 2.05) is 18.2 Å². The molecular formula is C19H26N2O2. The summed E-state index contributed by atoms with van der Waals surface area (Å²) in [6.07, 6.45) is 8.41. The first-order valence-corrected chi connectivity index (χ1v) is 8.78. The third kappa shape index (κ3) is 3.92. The Hall–Kier alpha value is -1.84. The van der Waals surface area contributed by atoms with Crippen molar-refractivity contribution in [3.05, 3.63) is 34.2 Å². The Kier molecular flexibility index (Phi) is 4.99. The molecular weight excluding hydrogens is 288 g/mol. The Bertz CT molecular complexity index is 723. The lowest BCUT2D eigenvalue weighted by molar-refractivity contribution is 0.415. The fraction of sp³-hybridized carbons (Fsp3) is 0.579. The highest BCUT2D eigenvalue weighted by atomic mass is 16.5. The van der Waals surface area contributed by atoms with Gasteiger partial charge in [-0.1, -0.05) is 32.6 Å². The van der Waals surface area contributed by atoms with Crippen molar-refractivity contribution in [1.82, 2.24) is 9.97 Å². The highest BCUT2D eigenvalue weighted by molar-refractivity contribution is 5.75. The maximum absolute atomic E-state index is 12.1. The van der Waals surface area contributed by atoms with Gasteiger partial charge in [0.2, 0.25) is 0 Å². The molecule has 1 fully saturated rings. The summed E-state index contributed by atoms with van der Waals surface area (Å²) in [6, 6.07) is 5.58. The second kappa shape index (κ2) is 7.16. The number of hydrogen-bond donors (Lipinski definition) is 1. The second-order valence-corrected chi connectivity index (χ2v) is 6.66. The summed E-state index contributed by atoms with van der Waals surface area (Å²) in [4.78, 5) is 19.6. The van der Waals surface area contributed by atoms with Gasteiger partial charge in [0, 0.05) is 6.07 Å². The first-order valence-electron chi connectivity index (χ1n) is 8.78. The molecule has 1 aromatic carbocycles. The van der Waals surface area contributed by atoms with Crippen LogP contribution in [0.2, 0.25) is 0 Å². The largest absolute Gasteiger partial charge is 0.497 e. The fourth-order valence-electron chi connectivity index (χ4n) is 3.44. The molecule has 2 unspecified atom stereocenters. The summed E-state index contributed by atoms with van der Waals surface area (Å²) in [6.45, 7) is 2.29. The summed E-state index contributed by atoms with van der Waals surface area (Å²) < 4.78 is 5.17. The average molecular weight is 314 g/mol. The summed E-state index contributed by atoms with van der Waals surface area (Å²) in [7, 11) is 1.62. The van der Waals surface area contributed by atoms with Gasteiger partial charge in [-0.25, -0.2) is 4.98 Å². The van der Waals surface area contributed by atoms with Crippen molar-refractivity contribution >= 4 is 11.0 Å². The van der Waals surface area contributed by atoms with Crippen LogP contribution in [0.15, 0.2) is 23.0 Å². The number of aromatic amines is 1. The molecule has 0 amide bonds. The van der Waals surface area contributed by atoms with Crippen molar-refractivity contribution < 1.29 is 4.74 Å². The lowest BCUT2D eigenvalue weighted by atomic mass is 10.1. The number of aromatic nitrogens is 2. The van der Waals surface area contributed by atoms with E-state index in [1.54, 1.807) is 7.11 Å². The van der Waals surface area contributed by atoms with E-state index < -0.39 is 0 Å². The Labute approximate surface area is 137 Å². The number of methoxy groups -OCH3 is 1. The van der Waals surface area contributed by atoms with E-state index in [9.17, 15) is 4.79 Å².